The van der Waals surface area contributed by atoms with Crippen LogP contribution >= 0.6 is 0 Å². The van der Waals surface area contributed by atoms with Gasteiger partial charge < -0.3 is 38.7 Å². The quantitative estimate of drug-likeness (QED) is 0.0335. The Morgan fingerprint density at radius 2 is 0.623 bits per heavy atom. The van der Waals surface area contributed by atoms with Crippen molar-refractivity contribution in [2.24, 2.45) is 0 Å². The van der Waals surface area contributed by atoms with Crippen LogP contribution in [0.15, 0.2) is 182 Å². The van der Waals surface area contributed by atoms with Crippen molar-refractivity contribution >= 4 is 100 Å². The fraction of sp³-hybridized carbons (Fsp3) is 0.267. The third-order valence-electron chi connectivity index (χ3n) is 21.1. The van der Waals surface area contributed by atoms with Crippen molar-refractivity contribution in [1.82, 2.24) is 29.6 Å². The largest absolute Gasteiger partial charge is 0.457 e. The van der Waals surface area contributed by atoms with Gasteiger partial charge in [0.1, 0.15) is 58.1 Å². The summed E-state index contributed by atoms with van der Waals surface area (Å²) in [6.07, 6.45) is 1.12. The van der Waals surface area contributed by atoms with Crippen molar-refractivity contribution in [3.8, 4) is 46.0 Å². The van der Waals surface area contributed by atoms with Gasteiger partial charge in [0.2, 0.25) is 11.8 Å². The van der Waals surface area contributed by atoms with Crippen LogP contribution < -0.4 is 18.9 Å². The number of hydrogen-bond acceptors (Lipinski definition) is 10. The number of imide groups is 2. The lowest BCUT2D eigenvalue weighted by Crippen LogP contribution is -2.55. The molecule has 2 N–H and O–H groups in total. The molecular formula is C90H86N6O10. The molecule has 0 radical (unpaired) electrons. The lowest BCUT2D eigenvalue weighted by Gasteiger charge is -2.37. The molecular weight excluding hydrogens is 1330 g/mol. The first-order valence-corrected chi connectivity index (χ1v) is 36.9. The predicted molar refractivity (Wildman–Crippen MR) is 419 cm³/mol. The van der Waals surface area contributed by atoms with Crippen LogP contribution in [0.4, 0.5) is 0 Å². The van der Waals surface area contributed by atoms with Crippen LogP contribution in [-0.2, 0) is 22.4 Å². The maximum Gasteiger partial charge on any atom is 0.262 e. The van der Waals surface area contributed by atoms with E-state index in [0.29, 0.717) is 92.6 Å². The minimum atomic E-state index is -1.36. The van der Waals surface area contributed by atoms with E-state index in [4.69, 9.17) is 18.9 Å². The van der Waals surface area contributed by atoms with Gasteiger partial charge in [0.25, 0.3) is 23.6 Å². The highest BCUT2D eigenvalue weighted by Crippen LogP contribution is 2.58. The average Bonchev–Trinajstić information content (AvgIpc) is 0.697. The molecule has 0 fully saturated rings. The minimum absolute atomic E-state index is 0.0508. The molecule has 536 valence electrons. The normalized spacial score (nSPS) is 13.7. The summed E-state index contributed by atoms with van der Waals surface area (Å²) in [6.45, 7) is 21.5. The number of aromatic amines is 2. The number of carbonyl (C=O) groups is 6. The molecule has 106 heavy (non-hydrogen) atoms. The molecule has 2 atom stereocenters. The standard InChI is InChI=1S/C90H86N6O10/c1-13-39-93(11)89(101)71(43-59-41-57-19-15-17-21-69(57)91-59)95-85(97)65-45-73(103-61-31-23-53(24-32-61)49(3)4)79-81-75(105-63-35-27-55(28-36-63)51(7)8)47-67-78-68(88(100)96(87(67)99)72(90(102)94(12)40-14-2)44-60-42-58-20-16-18-22-70(58)92-60)48-76(106-64-37-29-56(30-38-64)52(9)10)82(84(78)81)80-74(46-66(86(95)98)77(65)83(79)80)104-62-33-25-54(26-34-62)50(5)6/h15-38,41-42,45-52,71-72,91-92H,13-14,39-40,43-44H2,1-12H3. The zero-order chi connectivity index (χ0) is 74.3. The van der Waals surface area contributed by atoms with E-state index in [1.807, 2.05) is 172 Å². The van der Waals surface area contributed by atoms with Crippen LogP contribution in [0.5, 0.6) is 46.0 Å². The number of rotatable bonds is 24. The molecule has 6 amide bonds. The van der Waals surface area contributed by atoms with Crippen molar-refractivity contribution in [1.29, 1.82) is 0 Å². The Labute approximate surface area is 616 Å². The monoisotopic (exact) mass is 1410 g/mol. The average molecular weight is 1410 g/mol. The number of para-hydroxylation sites is 2. The number of carbonyl (C=O) groups excluding carboxylic acids is 6. The van der Waals surface area contributed by atoms with Crippen LogP contribution in [0.1, 0.15) is 181 Å². The number of likely N-dealkylation sites (N-methyl/N-ethyl adjacent to an activating group) is 2. The molecule has 13 aromatic rings. The van der Waals surface area contributed by atoms with Crippen LogP contribution in [0, 0.1) is 0 Å². The second-order valence-corrected chi connectivity index (χ2v) is 29.7. The van der Waals surface area contributed by atoms with Crippen molar-refractivity contribution in [2.75, 3.05) is 27.2 Å². The smallest absolute Gasteiger partial charge is 0.262 e. The second kappa shape index (κ2) is 28.0. The van der Waals surface area contributed by atoms with E-state index < -0.39 is 47.5 Å². The molecule has 15 rings (SSSR count). The lowest BCUT2D eigenvalue weighted by atomic mass is 9.80. The first-order valence-electron chi connectivity index (χ1n) is 36.9. The predicted octanol–water partition coefficient (Wildman–Crippen LogP) is 20.5. The van der Waals surface area contributed by atoms with E-state index in [1.54, 1.807) is 48.2 Å². The van der Waals surface area contributed by atoms with Gasteiger partial charge >= 0.3 is 0 Å². The first-order chi connectivity index (χ1) is 51.1. The van der Waals surface area contributed by atoms with Gasteiger partial charge in [0, 0.05) is 106 Å². The van der Waals surface area contributed by atoms with E-state index in [0.717, 1.165) is 53.9 Å². The summed E-state index contributed by atoms with van der Waals surface area (Å²) in [4.78, 5) is 110. The van der Waals surface area contributed by atoms with E-state index >= 15 is 28.8 Å². The van der Waals surface area contributed by atoms with Gasteiger partial charge in [-0.2, -0.15) is 0 Å². The number of nitrogens with one attached hydrogen (secondary N) is 2. The molecule has 0 spiro atoms. The summed E-state index contributed by atoms with van der Waals surface area (Å²) in [5, 5.41) is 4.23. The molecule has 2 aromatic heterocycles. The van der Waals surface area contributed by atoms with Gasteiger partial charge in [-0.3, -0.25) is 38.6 Å². The highest BCUT2D eigenvalue weighted by molar-refractivity contribution is 6.45. The highest BCUT2D eigenvalue weighted by atomic mass is 16.5. The number of ether oxygens (including phenoxy) is 4. The maximum atomic E-state index is 16.7. The number of nitrogens with zero attached hydrogens (tertiary/aromatic N) is 4. The van der Waals surface area contributed by atoms with Crippen molar-refractivity contribution < 1.29 is 47.7 Å². The zero-order valence-corrected chi connectivity index (χ0v) is 61.9. The molecule has 0 bridgehead atoms. The third kappa shape index (κ3) is 12.5. The Balaban J connectivity index is 1.09. The van der Waals surface area contributed by atoms with Crippen LogP contribution in [0.3, 0.4) is 0 Å². The van der Waals surface area contributed by atoms with Gasteiger partial charge in [-0.25, -0.2) is 0 Å². The number of benzene rings is 11. The van der Waals surface area contributed by atoms with Crippen LogP contribution in [0.2, 0.25) is 0 Å². The van der Waals surface area contributed by atoms with E-state index in [2.05, 4.69) is 65.4 Å². The van der Waals surface area contributed by atoms with Crippen molar-refractivity contribution in [3.63, 3.8) is 0 Å². The molecule has 2 unspecified atom stereocenters. The SMILES string of the molecule is CCCN(C)C(=O)C(Cc1cc2ccccc2[nH]1)N1C(=O)c2cc(Oc3ccc(C(C)C)cc3)c3c4c(Oc5ccc(C(C)C)cc5)cc5c6c(cc(Oc7ccc(C(C)C)cc7)c(c7c(Oc8ccc(C(C)C)cc8)cc(c2c37)C1=O)c64)C(=O)N(C(Cc1cc2ccccc2[nH]1)C(=O)N(C)CCC)C5=O. The molecule has 16 nitrogen and oxygen atoms in total. The van der Waals surface area contributed by atoms with E-state index in [1.165, 1.54) is 0 Å². The Morgan fingerprint density at radius 3 is 0.868 bits per heavy atom. The lowest BCUT2D eigenvalue weighted by molar-refractivity contribution is -0.134. The number of H-pyrrole nitrogens is 2. The van der Waals surface area contributed by atoms with E-state index in [-0.39, 0.29) is 92.5 Å². The number of aromatic nitrogens is 2. The third-order valence-corrected chi connectivity index (χ3v) is 21.1. The summed E-state index contributed by atoms with van der Waals surface area (Å²) in [7, 11) is 3.38. The minimum Gasteiger partial charge on any atom is -0.457 e. The number of hydrogen-bond donors (Lipinski definition) is 2. The molecule has 0 saturated heterocycles. The van der Waals surface area contributed by atoms with Crippen molar-refractivity contribution in [2.45, 2.75) is 131 Å². The van der Waals surface area contributed by atoms with Crippen molar-refractivity contribution in [3.05, 3.63) is 238 Å². The van der Waals surface area contributed by atoms with Gasteiger partial charge in [-0.15, -0.1) is 0 Å². The summed E-state index contributed by atoms with van der Waals surface area (Å²) in [5.74, 6) is -1.13. The maximum absolute atomic E-state index is 16.7. The molecule has 11 aromatic carbocycles. The van der Waals surface area contributed by atoms with Gasteiger partial charge in [0.05, 0.1) is 22.3 Å². The number of amides is 6. The zero-order valence-electron chi connectivity index (χ0n) is 61.9. The summed E-state index contributed by atoms with van der Waals surface area (Å²) in [5.41, 5.74) is 7.32. The molecule has 2 aliphatic rings. The van der Waals surface area contributed by atoms with Crippen LogP contribution in [0.25, 0.3) is 64.9 Å². The topological polar surface area (TPSA) is 184 Å². The summed E-state index contributed by atoms with van der Waals surface area (Å²) in [6, 6.07) is 54.1. The highest BCUT2D eigenvalue weighted by Gasteiger charge is 2.47. The Kier molecular flexibility index (Phi) is 18.5. The fourth-order valence-corrected chi connectivity index (χ4v) is 15.5. The molecule has 16 heteroatoms. The molecule has 4 heterocycles. The Hall–Kier alpha value is -11.8. The van der Waals surface area contributed by atoms with Gasteiger partial charge in [0.15, 0.2) is 0 Å². The first kappa shape index (κ1) is 69.9. The second-order valence-electron chi connectivity index (χ2n) is 29.7. The van der Waals surface area contributed by atoms with Gasteiger partial charge in [-0.1, -0.05) is 154 Å². The molecule has 0 aliphatic carbocycles. The van der Waals surface area contributed by atoms with E-state index in [9.17, 15) is 0 Å². The number of fused-ring (bicyclic) bond motifs is 4. The Bertz CT molecular complexity index is 5000. The van der Waals surface area contributed by atoms with Gasteiger partial charge in [-0.05, 0) is 167 Å². The summed E-state index contributed by atoms with van der Waals surface area (Å²) < 4.78 is 29.6. The fourth-order valence-electron chi connectivity index (χ4n) is 15.5. The van der Waals surface area contributed by atoms with Crippen LogP contribution in [-0.4, -0.2) is 104 Å². The Morgan fingerprint density at radius 1 is 0.358 bits per heavy atom. The molecule has 2 aliphatic heterocycles. The summed E-state index contributed by atoms with van der Waals surface area (Å²) >= 11 is 0. The molecule has 0 saturated carbocycles.